The molecule has 2 amide bonds. The van der Waals surface area contributed by atoms with Crippen LogP contribution in [0.25, 0.3) is 10.9 Å². The lowest BCUT2D eigenvalue weighted by molar-refractivity contribution is -0.133. The Bertz CT molecular complexity index is 984. The van der Waals surface area contributed by atoms with Gasteiger partial charge in [0.15, 0.2) is 0 Å². The van der Waals surface area contributed by atoms with Crippen molar-refractivity contribution < 1.29 is 19.1 Å². The number of methoxy groups -OCH3 is 1. The molecule has 1 N–H and O–H groups in total. The number of nitrogens with one attached hydrogen (secondary N) is 1. The Morgan fingerprint density at radius 1 is 1.16 bits per heavy atom. The molecular weight excluding hydrogens is 410 g/mol. The van der Waals surface area contributed by atoms with Gasteiger partial charge in [0.1, 0.15) is 17.9 Å². The quantitative estimate of drug-likeness (QED) is 0.739. The van der Waals surface area contributed by atoms with E-state index in [-0.39, 0.29) is 12.5 Å². The standard InChI is InChI=1S/C23H33N5O4/c1-23(2,3)32-22(30)24-19-11-17-14-28(25-18(17)12-20(19)31-4)15-21(29)27-9-7-26(8-10-27)13-16-5-6-16/h11-12,14,16H,5-10,13,15H2,1-4H3,(H,24,30). The molecule has 9 nitrogen and oxygen atoms in total. The number of rotatable bonds is 6. The molecule has 1 aliphatic heterocycles. The summed E-state index contributed by atoms with van der Waals surface area (Å²) in [7, 11) is 1.53. The highest BCUT2D eigenvalue weighted by atomic mass is 16.6. The topological polar surface area (TPSA) is 88.9 Å². The van der Waals surface area contributed by atoms with Gasteiger partial charge in [0.25, 0.3) is 0 Å². The number of amides is 2. The monoisotopic (exact) mass is 443 g/mol. The van der Waals surface area contributed by atoms with Crippen LogP contribution in [0.2, 0.25) is 0 Å². The van der Waals surface area contributed by atoms with Crippen molar-refractivity contribution in [2.24, 2.45) is 5.92 Å². The van der Waals surface area contributed by atoms with Crippen LogP contribution in [0.1, 0.15) is 33.6 Å². The van der Waals surface area contributed by atoms with Gasteiger partial charge < -0.3 is 14.4 Å². The number of carbonyl (C=O) groups is 2. The molecule has 0 spiro atoms. The molecule has 2 aliphatic rings. The van der Waals surface area contributed by atoms with E-state index in [1.165, 1.54) is 26.5 Å². The second-order valence-electron chi connectivity index (χ2n) is 9.69. The van der Waals surface area contributed by atoms with Crippen LogP contribution in [0.5, 0.6) is 5.75 Å². The molecule has 1 saturated heterocycles. The second-order valence-corrected chi connectivity index (χ2v) is 9.69. The van der Waals surface area contributed by atoms with Gasteiger partial charge in [0.2, 0.25) is 5.91 Å². The number of aromatic nitrogens is 2. The SMILES string of the molecule is COc1cc2nn(CC(=O)N3CCN(CC4CC4)CC3)cc2cc1NC(=O)OC(C)(C)C. The maximum absolute atomic E-state index is 12.8. The second kappa shape index (κ2) is 8.97. The predicted octanol–water partition coefficient (Wildman–Crippen LogP) is 2.95. The fraction of sp³-hybridized carbons (Fsp3) is 0.609. The average Bonchev–Trinajstić information content (AvgIpc) is 3.44. The molecule has 2 heterocycles. The third kappa shape index (κ3) is 5.70. The maximum atomic E-state index is 12.8. The number of hydrogen-bond acceptors (Lipinski definition) is 6. The summed E-state index contributed by atoms with van der Waals surface area (Å²) in [6.07, 6.45) is 3.96. The fourth-order valence-corrected chi connectivity index (χ4v) is 3.95. The first-order valence-corrected chi connectivity index (χ1v) is 11.3. The van der Waals surface area contributed by atoms with Crippen molar-refractivity contribution in [3.63, 3.8) is 0 Å². The number of fused-ring (bicyclic) bond motifs is 1. The predicted molar refractivity (Wildman–Crippen MR) is 122 cm³/mol. The van der Waals surface area contributed by atoms with E-state index >= 15 is 0 Å². The van der Waals surface area contributed by atoms with Gasteiger partial charge in [-0.1, -0.05) is 0 Å². The lowest BCUT2D eigenvalue weighted by atomic mass is 10.2. The molecule has 1 aromatic heterocycles. The summed E-state index contributed by atoms with van der Waals surface area (Å²) in [4.78, 5) is 29.4. The zero-order valence-electron chi connectivity index (χ0n) is 19.4. The normalized spacial score (nSPS) is 17.4. The molecule has 174 valence electrons. The molecule has 32 heavy (non-hydrogen) atoms. The van der Waals surface area contributed by atoms with Crippen molar-refractivity contribution in [3.8, 4) is 5.75 Å². The Hall–Kier alpha value is -2.81. The van der Waals surface area contributed by atoms with E-state index in [2.05, 4.69) is 15.3 Å². The number of piperazine rings is 1. The number of nitrogens with zero attached hydrogens (tertiary/aromatic N) is 4. The first kappa shape index (κ1) is 22.4. The highest BCUT2D eigenvalue weighted by Gasteiger charge is 2.27. The first-order valence-electron chi connectivity index (χ1n) is 11.3. The maximum Gasteiger partial charge on any atom is 0.412 e. The number of ether oxygens (including phenoxy) is 2. The molecule has 0 atom stereocenters. The molecular formula is C23H33N5O4. The minimum absolute atomic E-state index is 0.0722. The average molecular weight is 444 g/mol. The van der Waals surface area contributed by atoms with Crippen molar-refractivity contribution in [1.82, 2.24) is 19.6 Å². The van der Waals surface area contributed by atoms with E-state index in [9.17, 15) is 9.59 Å². The molecule has 9 heteroatoms. The van der Waals surface area contributed by atoms with Crippen LogP contribution in [-0.2, 0) is 16.1 Å². The van der Waals surface area contributed by atoms with E-state index < -0.39 is 11.7 Å². The van der Waals surface area contributed by atoms with E-state index in [1.807, 2.05) is 11.1 Å². The van der Waals surface area contributed by atoms with Gasteiger partial charge in [-0.2, -0.15) is 5.10 Å². The summed E-state index contributed by atoms with van der Waals surface area (Å²) in [6, 6.07) is 3.53. The van der Waals surface area contributed by atoms with Crippen LogP contribution >= 0.6 is 0 Å². The minimum atomic E-state index is -0.601. The van der Waals surface area contributed by atoms with Crippen LogP contribution in [-0.4, -0.2) is 77.0 Å². The minimum Gasteiger partial charge on any atom is -0.494 e. The smallest absolute Gasteiger partial charge is 0.412 e. The lowest BCUT2D eigenvalue weighted by Gasteiger charge is -2.34. The fourth-order valence-electron chi connectivity index (χ4n) is 3.95. The summed E-state index contributed by atoms with van der Waals surface area (Å²) < 4.78 is 12.4. The van der Waals surface area contributed by atoms with Gasteiger partial charge in [0, 0.05) is 50.4 Å². The molecule has 0 unspecified atom stereocenters. The van der Waals surface area contributed by atoms with E-state index in [4.69, 9.17) is 9.47 Å². The summed E-state index contributed by atoms with van der Waals surface area (Å²) >= 11 is 0. The third-order valence-electron chi connectivity index (χ3n) is 5.74. The van der Waals surface area contributed by atoms with E-state index in [0.717, 1.165) is 37.5 Å². The van der Waals surface area contributed by atoms with Gasteiger partial charge in [-0.3, -0.25) is 19.7 Å². The molecule has 1 aliphatic carbocycles. The summed E-state index contributed by atoms with van der Waals surface area (Å²) in [5.41, 5.74) is 0.585. The Morgan fingerprint density at radius 2 is 1.88 bits per heavy atom. The van der Waals surface area contributed by atoms with Gasteiger partial charge >= 0.3 is 6.09 Å². The van der Waals surface area contributed by atoms with Gasteiger partial charge in [-0.25, -0.2) is 4.79 Å². The van der Waals surface area contributed by atoms with E-state index in [1.54, 1.807) is 37.6 Å². The summed E-state index contributed by atoms with van der Waals surface area (Å²) in [5, 5.41) is 8.07. The van der Waals surface area contributed by atoms with Crippen LogP contribution in [0.3, 0.4) is 0 Å². The summed E-state index contributed by atoms with van der Waals surface area (Å²) in [5.74, 6) is 1.43. The molecule has 4 rings (SSSR count). The molecule has 2 fully saturated rings. The molecule has 2 aromatic rings. The van der Waals surface area contributed by atoms with Gasteiger partial charge in [-0.15, -0.1) is 0 Å². The van der Waals surface area contributed by atoms with Crippen molar-refractivity contribution in [1.29, 1.82) is 0 Å². The van der Waals surface area contributed by atoms with Crippen molar-refractivity contribution in [2.75, 3.05) is 45.2 Å². The number of benzene rings is 1. The van der Waals surface area contributed by atoms with Crippen molar-refractivity contribution >= 4 is 28.6 Å². The van der Waals surface area contributed by atoms with Crippen LogP contribution < -0.4 is 10.1 Å². The Kier molecular flexibility index (Phi) is 6.28. The Balaban J connectivity index is 1.40. The molecule has 1 aromatic carbocycles. The number of carbonyl (C=O) groups excluding carboxylic acids is 2. The zero-order valence-corrected chi connectivity index (χ0v) is 19.4. The molecule has 1 saturated carbocycles. The summed E-state index contributed by atoms with van der Waals surface area (Å²) in [6.45, 7) is 10.2. The zero-order chi connectivity index (χ0) is 22.9. The lowest BCUT2D eigenvalue weighted by Crippen LogP contribution is -2.49. The van der Waals surface area contributed by atoms with Crippen molar-refractivity contribution in [2.45, 2.75) is 45.8 Å². The van der Waals surface area contributed by atoms with Crippen LogP contribution in [0.4, 0.5) is 10.5 Å². The van der Waals surface area contributed by atoms with Gasteiger partial charge in [0.05, 0.1) is 18.3 Å². The van der Waals surface area contributed by atoms with Crippen LogP contribution in [0.15, 0.2) is 18.3 Å². The van der Waals surface area contributed by atoms with Crippen LogP contribution in [0, 0.1) is 5.92 Å². The largest absolute Gasteiger partial charge is 0.494 e. The molecule has 0 bridgehead atoms. The number of anilines is 1. The highest BCUT2D eigenvalue weighted by Crippen LogP contribution is 2.31. The number of hydrogen-bond donors (Lipinski definition) is 1. The van der Waals surface area contributed by atoms with Gasteiger partial charge in [-0.05, 0) is 45.6 Å². The molecule has 0 radical (unpaired) electrons. The highest BCUT2D eigenvalue weighted by molar-refractivity contribution is 5.93. The van der Waals surface area contributed by atoms with E-state index in [0.29, 0.717) is 17.0 Å². The third-order valence-corrected chi connectivity index (χ3v) is 5.74. The Labute approximate surface area is 188 Å². The van der Waals surface area contributed by atoms with Crippen molar-refractivity contribution in [3.05, 3.63) is 18.3 Å². The first-order chi connectivity index (χ1) is 15.2. The Morgan fingerprint density at radius 3 is 2.50 bits per heavy atom.